The Kier molecular flexibility index (Phi) is 4.42. The molecule has 0 saturated carbocycles. The van der Waals surface area contributed by atoms with Gasteiger partial charge in [-0.25, -0.2) is 4.39 Å². The smallest absolute Gasteiger partial charge is 0.287 e. The Balaban J connectivity index is 2.02. The molecule has 1 heterocycles. The fraction of sp³-hybridized carbons (Fsp3) is 0.214. The normalized spacial score (nSPS) is 13.8. The number of carbonyl (C=O) groups excluding carboxylic acids is 1. The fourth-order valence-corrected chi connectivity index (χ4v) is 1.89. The third-order valence-electron chi connectivity index (χ3n) is 2.84. The number of benzene rings is 1. The van der Waals surface area contributed by atoms with Crippen LogP contribution in [0.5, 0.6) is 0 Å². The molecule has 0 saturated heterocycles. The van der Waals surface area contributed by atoms with E-state index in [1.54, 1.807) is 6.92 Å². The highest BCUT2D eigenvalue weighted by Crippen LogP contribution is 2.18. The van der Waals surface area contributed by atoms with Gasteiger partial charge in [-0.2, -0.15) is 0 Å². The molecule has 2 unspecified atom stereocenters. The zero-order chi connectivity index (χ0) is 14.7. The fourth-order valence-electron chi connectivity index (χ4n) is 1.74. The molecule has 6 heteroatoms. The van der Waals surface area contributed by atoms with Gasteiger partial charge in [-0.05, 0) is 48.4 Å². The molecule has 0 spiro atoms. The SMILES string of the molecule is CC(NC(=O)c1ccc(Cl)o1)C(O)c1ccc(F)cc1. The van der Waals surface area contributed by atoms with Crippen LogP contribution in [0.25, 0.3) is 0 Å². The number of furan rings is 1. The Morgan fingerprint density at radius 3 is 2.50 bits per heavy atom. The topological polar surface area (TPSA) is 62.5 Å². The lowest BCUT2D eigenvalue weighted by atomic mass is 10.0. The van der Waals surface area contributed by atoms with E-state index in [-0.39, 0.29) is 16.8 Å². The summed E-state index contributed by atoms with van der Waals surface area (Å²) in [4.78, 5) is 11.8. The lowest BCUT2D eigenvalue weighted by Crippen LogP contribution is -2.36. The van der Waals surface area contributed by atoms with Crippen LogP contribution in [-0.2, 0) is 0 Å². The van der Waals surface area contributed by atoms with E-state index in [1.165, 1.54) is 36.4 Å². The maximum absolute atomic E-state index is 12.8. The molecule has 0 aliphatic carbocycles. The number of hydrogen-bond donors (Lipinski definition) is 2. The van der Waals surface area contributed by atoms with Gasteiger partial charge in [0.2, 0.25) is 0 Å². The van der Waals surface area contributed by atoms with Gasteiger partial charge in [0.1, 0.15) is 5.82 Å². The molecule has 2 aromatic rings. The molecule has 106 valence electrons. The van der Waals surface area contributed by atoms with E-state index < -0.39 is 18.1 Å². The van der Waals surface area contributed by atoms with Crippen LogP contribution < -0.4 is 5.32 Å². The van der Waals surface area contributed by atoms with E-state index in [2.05, 4.69) is 5.32 Å². The second-order valence-electron chi connectivity index (χ2n) is 4.36. The number of aliphatic hydroxyl groups is 1. The van der Waals surface area contributed by atoms with Crippen molar-refractivity contribution in [2.24, 2.45) is 0 Å². The van der Waals surface area contributed by atoms with E-state index in [0.29, 0.717) is 5.56 Å². The molecule has 4 nitrogen and oxygen atoms in total. The number of rotatable bonds is 4. The van der Waals surface area contributed by atoms with Crippen LogP contribution in [0.15, 0.2) is 40.8 Å². The first-order chi connectivity index (χ1) is 9.47. The number of hydrogen-bond acceptors (Lipinski definition) is 3. The monoisotopic (exact) mass is 297 g/mol. The summed E-state index contributed by atoms with van der Waals surface area (Å²) in [7, 11) is 0. The second kappa shape index (κ2) is 6.07. The van der Waals surface area contributed by atoms with Crippen LogP contribution in [-0.4, -0.2) is 17.1 Å². The summed E-state index contributed by atoms with van der Waals surface area (Å²) in [6.07, 6.45) is -0.954. The first-order valence-electron chi connectivity index (χ1n) is 5.97. The van der Waals surface area contributed by atoms with Crippen molar-refractivity contribution in [1.29, 1.82) is 0 Å². The largest absolute Gasteiger partial charge is 0.440 e. The predicted octanol–water partition coefficient (Wildman–Crippen LogP) is 2.92. The third kappa shape index (κ3) is 3.37. The summed E-state index contributed by atoms with van der Waals surface area (Å²) < 4.78 is 17.8. The van der Waals surface area contributed by atoms with Gasteiger partial charge in [0.15, 0.2) is 11.0 Å². The molecular formula is C14H13ClFNO3. The van der Waals surface area contributed by atoms with E-state index in [4.69, 9.17) is 16.0 Å². The maximum atomic E-state index is 12.8. The van der Waals surface area contributed by atoms with Gasteiger partial charge < -0.3 is 14.8 Å². The van der Waals surface area contributed by atoms with Gasteiger partial charge in [0, 0.05) is 0 Å². The zero-order valence-electron chi connectivity index (χ0n) is 10.6. The summed E-state index contributed by atoms with van der Waals surface area (Å²) in [5, 5.41) is 12.8. The molecule has 20 heavy (non-hydrogen) atoms. The molecule has 2 N–H and O–H groups in total. The second-order valence-corrected chi connectivity index (χ2v) is 4.73. The van der Waals surface area contributed by atoms with Crippen LogP contribution in [0, 0.1) is 5.82 Å². The van der Waals surface area contributed by atoms with Crippen molar-refractivity contribution in [2.75, 3.05) is 0 Å². The van der Waals surface area contributed by atoms with Crippen LogP contribution in [0.4, 0.5) is 4.39 Å². The summed E-state index contributed by atoms with van der Waals surface area (Å²) >= 11 is 5.58. The molecule has 0 aliphatic heterocycles. The number of nitrogens with one attached hydrogen (secondary N) is 1. The Hall–Kier alpha value is -1.85. The Morgan fingerprint density at radius 1 is 1.30 bits per heavy atom. The molecule has 0 aliphatic rings. The minimum absolute atomic E-state index is 0.0631. The van der Waals surface area contributed by atoms with Gasteiger partial charge >= 0.3 is 0 Å². The van der Waals surface area contributed by atoms with Crippen molar-refractivity contribution < 1.29 is 18.7 Å². The van der Waals surface area contributed by atoms with Crippen LogP contribution in [0.3, 0.4) is 0 Å². The van der Waals surface area contributed by atoms with Crippen molar-refractivity contribution in [2.45, 2.75) is 19.1 Å². The molecule has 1 amide bonds. The van der Waals surface area contributed by atoms with E-state index in [0.717, 1.165) is 0 Å². The van der Waals surface area contributed by atoms with Crippen molar-refractivity contribution >= 4 is 17.5 Å². The van der Waals surface area contributed by atoms with Crippen molar-refractivity contribution in [3.8, 4) is 0 Å². The summed E-state index contributed by atoms with van der Waals surface area (Å²) in [6, 6.07) is 7.75. The van der Waals surface area contributed by atoms with Crippen molar-refractivity contribution in [1.82, 2.24) is 5.32 Å². The third-order valence-corrected chi connectivity index (χ3v) is 3.04. The minimum Gasteiger partial charge on any atom is -0.440 e. The van der Waals surface area contributed by atoms with Crippen molar-refractivity contribution in [3.05, 3.63) is 58.8 Å². The van der Waals surface area contributed by atoms with Crippen molar-refractivity contribution in [3.63, 3.8) is 0 Å². The van der Waals surface area contributed by atoms with E-state index in [9.17, 15) is 14.3 Å². The minimum atomic E-state index is -0.954. The number of carbonyl (C=O) groups is 1. The van der Waals surface area contributed by atoms with Gasteiger partial charge in [0.25, 0.3) is 5.91 Å². The lowest BCUT2D eigenvalue weighted by Gasteiger charge is -2.20. The molecule has 0 radical (unpaired) electrons. The maximum Gasteiger partial charge on any atom is 0.287 e. The summed E-state index contributed by atoms with van der Waals surface area (Å²) in [6.45, 7) is 1.64. The van der Waals surface area contributed by atoms with Gasteiger partial charge in [-0.15, -0.1) is 0 Å². The first kappa shape index (κ1) is 14.6. The molecular weight excluding hydrogens is 285 g/mol. The number of aliphatic hydroxyl groups excluding tert-OH is 1. The average molecular weight is 298 g/mol. The van der Waals surface area contributed by atoms with Gasteiger partial charge in [-0.1, -0.05) is 12.1 Å². The molecule has 2 atom stereocenters. The number of amides is 1. The molecule has 1 aromatic carbocycles. The molecule has 1 aromatic heterocycles. The van der Waals surface area contributed by atoms with Gasteiger partial charge in [-0.3, -0.25) is 4.79 Å². The van der Waals surface area contributed by atoms with Crippen LogP contribution >= 0.6 is 11.6 Å². The standard InChI is InChI=1S/C14H13ClFNO3/c1-8(13(18)9-2-4-10(16)5-3-9)17-14(19)11-6-7-12(15)20-11/h2-8,13,18H,1H3,(H,17,19). The lowest BCUT2D eigenvalue weighted by molar-refractivity contribution is 0.0826. The quantitative estimate of drug-likeness (QED) is 0.912. The van der Waals surface area contributed by atoms with Crippen LogP contribution in [0.2, 0.25) is 5.22 Å². The Bertz CT molecular complexity index is 597. The molecule has 0 fully saturated rings. The zero-order valence-corrected chi connectivity index (χ0v) is 11.4. The van der Waals surface area contributed by atoms with Gasteiger partial charge in [0.05, 0.1) is 12.1 Å². The summed E-state index contributed by atoms with van der Waals surface area (Å²) in [5.74, 6) is -0.804. The van der Waals surface area contributed by atoms with E-state index >= 15 is 0 Å². The highest BCUT2D eigenvalue weighted by molar-refractivity contribution is 6.29. The molecule has 0 bridgehead atoms. The highest BCUT2D eigenvalue weighted by atomic mass is 35.5. The average Bonchev–Trinajstić information content (AvgIpc) is 2.85. The summed E-state index contributed by atoms with van der Waals surface area (Å²) in [5.41, 5.74) is 0.511. The van der Waals surface area contributed by atoms with E-state index in [1.807, 2.05) is 0 Å². The highest BCUT2D eigenvalue weighted by Gasteiger charge is 2.20. The number of halogens is 2. The Morgan fingerprint density at radius 2 is 1.95 bits per heavy atom. The predicted molar refractivity (Wildman–Crippen MR) is 72.0 cm³/mol. The Labute approximate surface area is 120 Å². The first-order valence-corrected chi connectivity index (χ1v) is 6.35. The molecule has 2 rings (SSSR count). The van der Waals surface area contributed by atoms with Crippen LogP contribution in [0.1, 0.15) is 29.1 Å².